The second-order valence-electron chi connectivity index (χ2n) is 7.32. The van der Waals surface area contributed by atoms with E-state index < -0.39 is 5.97 Å². The molecule has 0 bridgehead atoms. The molecular formula is C26H22O6. The molecule has 0 aliphatic carbocycles. The van der Waals surface area contributed by atoms with Crippen molar-refractivity contribution >= 4 is 17.8 Å². The van der Waals surface area contributed by atoms with Gasteiger partial charge >= 0.3 is 5.97 Å². The summed E-state index contributed by atoms with van der Waals surface area (Å²) in [4.78, 5) is 25.5. The van der Waals surface area contributed by atoms with E-state index in [9.17, 15) is 9.59 Å². The number of hydrogen-bond acceptors (Lipinski definition) is 6. The van der Waals surface area contributed by atoms with Crippen molar-refractivity contribution in [1.82, 2.24) is 0 Å². The summed E-state index contributed by atoms with van der Waals surface area (Å²) in [5, 5.41) is 0. The minimum Gasteiger partial charge on any atom is -0.497 e. The van der Waals surface area contributed by atoms with Gasteiger partial charge in [0.2, 0.25) is 5.78 Å². The topological polar surface area (TPSA) is 71.1 Å². The Morgan fingerprint density at radius 1 is 0.938 bits per heavy atom. The first-order valence-corrected chi connectivity index (χ1v) is 10.0. The molecule has 4 rings (SSSR count). The van der Waals surface area contributed by atoms with Crippen LogP contribution in [-0.2, 0) is 0 Å². The van der Waals surface area contributed by atoms with E-state index in [2.05, 4.69) is 0 Å². The van der Waals surface area contributed by atoms with Crippen LogP contribution in [0.15, 0.2) is 60.4 Å². The Morgan fingerprint density at radius 2 is 1.72 bits per heavy atom. The predicted molar refractivity (Wildman–Crippen MR) is 120 cm³/mol. The minimum absolute atomic E-state index is 0.161. The molecule has 162 valence electrons. The molecule has 0 saturated carbocycles. The van der Waals surface area contributed by atoms with Gasteiger partial charge in [0.05, 0.1) is 25.3 Å². The fourth-order valence-corrected chi connectivity index (χ4v) is 3.51. The number of benzene rings is 3. The van der Waals surface area contributed by atoms with Gasteiger partial charge in [0.1, 0.15) is 23.0 Å². The third-order valence-electron chi connectivity index (χ3n) is 5.33. The molecule has 0 N–H and O–H groups in total. The molecule has 0 atom stereocenters. The highest BCUT2D eigenvalue weighted by molar-refractivity contribution is 6.15. The number of fused-ring (bicyclic) bond motifs is 1. The van der Waals surface area contributed by atoms with Crippen LogP contribution in [0.5, 0.6) is 23.0 Å². The lowest BCUT2D eigenvalue weighted by Gasteiger charge is -2.11. The van der Waals surface area contributed by atoms with Gasteiger partial charge in [-0.05, 0) is 55.8 Å². The quantitative estimate of drug-likeness (QED) is 0.316. The number of Topliss-reactive ketones (excluding diaryl/α,β-unsaturated/α-hetero) is 1. The summed E-state index contributed by atoms with van der Waals surface area (Å²) in [5.41, 5.74) is 2.96. The smallest absolute Gasteiger partial charge is 0.343 e. The van der Waals surface area contributed by atoms with Gasteiger partial charge in [-0.1, -0.05) is 18.2 Å². The van der Waals surface area contributed by atoms with Crippen molar-refractivity contribution in [3.8, 4) is 23.0 Å². The van der Waals surface area contributed by atoms with Gasteiger partial charge in [-0.15, -0.1) is 0 Å². The standard InChI is InChI=1S/C26H22O6/c1-15-7-5-6-8-19(15)26(28)32-21-12-11-20-24(27)23(31-25(20)16(21)2)13-17-9-10-18(29-3)14-22(17)30-4/h5-14H,1-4H3/b23-13-. The molecule has 0 radical (unpaired) electrons. The number of hydrogen-bond donors (Lipinski definition) is 0. The Balaban J connectivity index is 1.63. The molecule has 3 aromatic rings. The number of rotatable bonds is 5. The first-order chi connectivity index (χ1) is 15.4. The Bertz CT molecular complexity index is 1260. The van der Waals surface area contributed by atoms with Crippen LogP contribution in [0, 0.1) is 13.8 Å². The summed E-state index contributed by atoms with van der Waals surface area (Å²) in [7, 11) is 3.11. The molecule has 6 nitrogen and oxygen atoms in total. The first-order valence-electron chi connectivity index (χ1n) is 10.0. The SMILES string of the molecule is COc1ccc(/C=C2\Oc3c(ccc(OC(=O)c4ccccc4C)c3C)C2=O)c(OC)c1. The van der Waals surface area contributed by atoms with Crippen LogP contribution in [0.3, 0.4) is 0 Å². The first kappa shape index (κ1) is 21.2. The number of ether oxygens (including phenoxy) is 4. The fraction of sp³-hybridized carbons (Fsp3) is 0.154. The highest BCUT2D eigenvalue weighted by Crippen LogP contribution is 2.40. The maximum atomic E-state index is 12.9. The number of ketones is 1. The van der Waals surface area contributed by atoms with Crippen molar-refractivity contribution in [3.63, 3.8) is 0 Å². The molecule has 0 saturated heterocycles. The monoisotopic (exact) mass is 430 g/mol. The van der Waals surface area contributed by atoms with Crippen molar-refractivity contribution in [2.75, 3.05) is 14.2 Å². The van der Waals surface area contributed by atoms with E-state index in [0.29, 0.717) is 45.3 Å². The second kappa shape index (κ2) is 8.59. The number of esters is 1. The maximum Gasteiger partial charge on any atom is 0.343 e. The van der Waals surface area contributed by atoms with Crippen LogP contribution in [-0.4, -0.2) is 26.0 Å². The zero-order chi connectivity index (χ0) is 22.8. The molecule has 32 heavy (non-hydrogen) atoms. The number of aryl methyl sites for hydroxylation is 1. The van der Waals surface area contributed by atoms with Gasteiger partial charge in [0, 0.05) is 17.2 Å². The van der Waals surface area contributed by atoms with E-state index in [1.54, 1.807) is 69.7 Å². The lowest BCUT2D eigenvalue weighted by atomic mass is 10.1. The van der Waals surface area contributed by atoms with Crippen LogP contribution >= 0.6 is 0 Å². The molecule has 3 aromatic carbocycles. The minimum atomic E-state index is -0.464. The molecule has 0 aromatic heterocycles. The zero-order valence-electron chi connectivity index (χ0n) is 18.2. The molecule has 0 spiro atoms. The summed E-state index contributed by atoms with van der Waals surface area (Å²) in [5.74, 6) is 1.36. The van der Waals surface area contributed by atoms with Gasteiger partial charge in [-0.2, -0.15) is 0 Å². The number of allylic oxidation sites excluding steroid dienone is 1. The molecule has 0 amide bonds. The molecule has 1 heterocycles. The van der Waals surface area contributed by atoms with E-state index in [1.807, 2.05) is 19.1 Å². The summed E-state index contributed by atoms with van der Waals surface area (Å²) in [6.45, 7) is 3.60. The molecular weight excluding hydrogens is 408 g/mol. The van der Waals surface area contributed by atoms with E-state index in [-0.39, 0.29) is 11.5 Å². The molecule has 0 fully saturated rings. The molecule has 6 heteroatoms. The van der Waals surface area contributed by atoms with E-state index in [0.717, 1.165) is 5.56 Å². The number of carbonyl (C=O) groups excluding carboxylic acids is 2. The van der Waals surface area contributed by atoms with Gasteiger partial charge in [0.15, 0.2) is 5.76 Å². The summed E-state index contributed by atoms with van der Waals surface area (Å²) in [6, 6.07) is 15.7. The third kappa shape index (κ3) is 3.83. The predicted octanol–water partition coefficient (Wildman–Crippen LogP) is 5.16. The van der Waals surface area contributed by atoms with Crippen molar-refractivity contribution in [2.45, 2.75) is 13.8 Å². The van der Waals surface area contributed by atoms with Crippen LogP contribution in [0.1, 0.15) is 37.4 Å². The van der Waals surface area contributed by atoms with Crippen molar-refractivity contribution in [3.05, 3.63) is 88.2 Å². The van der Waals surface area contributed by atoms with Gasteiger partial charge in [-0.25, -0.2) is 4.79 Å². The third-order valence-corrected chi connectivity index (χ3v) is 5.33. The molecule has 1 aliphatic rings. The van der Waals surface area contributed by atoms with Crippen LogP contribution < -0.4 is 18.9 Å². The second-order valence-corrected chi connectivity index (χ2v) is 7.32. The van der Waals surface area contributed by atoms with E-state index in [4.69, 9.17) is 18.9 Å². The van der Waals surface area contributed by atoms with Crippen LogP contribution in [0.2, 0.25) is 0 Å². The lowest BCUT2D eigenvalue weighted by Crippen LogP contribution is -2.11. The fourth-order valence-electron chi connectivity index (χ4n) is 3.51. The number of carbonyl (C=O) groups is 2. The summed E-state index contributed by atoms with van der Waals surface area (Å²) < 4.78 is 22.1. The Labute approximate surface area is 186 Å². The molecule has 0 unspecified atom stereocenters. The van der Waals surface area contributed by atoms with Gasteiger partial charge < -0.3 is 18.9 Å². The average Bonchev–Trinajstić information content (AvgIpc) is 3.12. The van der Waals surface area contributed by atoms with Crippen LogP contribution in [0.25, 0.3) is 6.08 Å². The molecule has 1 aliphatic heterocycles. The van der Waals surface area contributed by atoms with Crippen LogP contribution in [0.4, 0.5) is 0 Å². The maximum absolute atomic E-state index is 12.9. The van der Waals surface area contributed by atoms with Crippen molar-refractivity contribution < 1.29 is 28.5 Å². The highest BCUT2D eigenvalue weighted by Gasteiger charge is 2.31. The zero-order valence-corrected chi connectivity index (χ0v) is 18.2. The average molecular weight is 430 g/mol. The number of methoxy groups -OCH3 is 2. The lowest BCUT2D eigenvalue weighted by molar-refractivity contribution is 0.0732. The van der Waals surface area contributed by atoms with Crippen molar-refractivity contribution in [1.29, 1.82) is 0 Å². The van der Waals surface area contributed by atoms with Crippen molar-refractivity contribution in [2.24, 2.45) is 0 Å². The largest absolute Gasteiger partial charge is 0.497 e. The summed E-state index contributed by atoms with van der Waals surface area (Å²) in [6.07, 6.45) is 1.62. The Kier molecular flexibility index (Phi) is 5.69. The van der Waals surface area contributed by atoms with Gasteiger partial charge in [0.25, 0.3) is 0 Å². The van der Waals surface area contributed by atoms with E-state index >= 15 is 0 Å². The van der Waals surface area contributed by atoms with E-state index in [1.165, 1.54) is 0 Å². The highest BCUT2D eigenvalue weighted by atomic mass is 16.5. The Morgan fingerprint density at radius 3 is 2.44 bits per heavy atom. The normalized spacial score (nSPS) is 13.5. The summed E-state index contributed by atoms with van der Waals surface area (Å²) >= 11 is 0. The van der Waals surface area contributed by atoms with Gasteiger partial charge in [-0.3, -0.25) is 4.79 Å². The Hall–Kier alpha value is -4.06.